The molecule has 2 aromatic rings. The second kappa shape index (κ2) is 13.2. The van der Waals surface area contributed by atoms with Crippen LogP contribution in [-0.4, -0.2) is 30.7 Å². The average molecular weight is 409 g/mol. The van der Waals surface area contributed by atoms with Crippen molar-refractivity contribution in [2.45, 2.75) is 76.9 Å². The first kappa shape index (κ1) is 24.1. The highest BCUT2D eigenvalue weighted by Crippen LogP contribution is 2.35. The SMILES string of the molecule is CC#N.CC(CCc1ccc(C2CCCCC2F)cc1)N(C)CCc1ccccc1. The summed E-state index contributed by atoms with van der Waals surface area (Å²) in [5.41, 5.74) is 3.97. The van der Waals surface area contributed by atoms with Gasteiger partial charge in [-0.05, 0) is 62.8 Å². The Kier molecular flexibility index (Phi) is 10.6. The van der Waals surface area contributed by atoms with Gasteiger partial charge in [0.15, 0.2) is 0 Å². The first-order chi connectivity index (χ1) is 14.5. The largest absolute Gasteiger partial charge is 0.303 e. The Morgan fingerprint density at radius 3 is 2.23 bits per heavy atom. The Bertz CT molecular complexity index is 751. The fourth-order valence-electron chi connectivity index (χ4n) is 4.16. The first-order valence-corrected chi connectivity index (χ1v) is 11.3. The predicted molar refractivity (Wildman–Crippen MR) is 124 cm³/mol. The molecule has 1 saturated carbocycles. The first-order valence-electron chi connectivity index (χ1n) is 11.3. The van der Waals surface area contributed by atoms with Gasteiger partial charge in [0.1, 0.15) is 6.17 Å². The summed E-state index contributed by atoms with van der Waals surface area (Å²) in [6.45, 7) is 4.83. The summed E-state index contributed by atoms with van der Waals surface area (Å²) in [5, 5.41) is 7.32. The van der Waals surface area contributed by atoms with E-state index in [0.717, 1.165) is 45.1 Å². The molecule has 162 valence electrons. The Hall–Kier alpha value is -2.18. The Labute approximate surface area is 182 Å². The lowest BCUT2D eigenvalue weighted by Gasteiger charge is -2.26. The van der Waals surface area contributed by atoms with Gasteiger partial charge < -0.3 is 4.90 Å². The van der Waals surface area contributed by atoms with Gasteiger partial charge in [-0.15, -0.1) is 0 Å². The summed E-state index contributed by atoms with van der Waals surface area (Å²) in [6, 6.07) is 21.8. The molecule has 0 saturated heterocycles. The molecule has 3 heteroatoms. The van der Waals surface area contributed by atoms with E-state index >= 15 is 0 Å². The zero-order valence-corrected chi connectivity index (χ0v) is 18.9. The van der Waals surface area contributed by atoms with E-state index in [2.05, 4.69) is 73.5 Å². The van der Waals surface area contributed by atoms with Gasteiger partial charge in [0.2, 0.25) is 0 Å². The van der Waals surface area contributed by atoms with E-state index < -0.39 is 6.17 Å². The molecule has 1 fully saturated rings. The van der Waals surface area contributed by atoms with Crippen LogP contribution < -0.4 is 0 Å². The molecular formula is C27H37FN2. The molecule has 0 aromatic heterocycles. The molecule has 0 N–H and O–H groups in total. The van der Waals surface area contributed by atoms with Crippen LogP contribution in [0.25, 0.3) is 0 Å². The van der Waals surface area contributed by atoms with E-state index in [1.807, 2.05) is 0 Å². The van der Waals surface area contributed by atoms with Gasteiger partial charge in [-0.25, -0.2) is 4.39 Å². The molecule has 0 heterocycles. The molecule has 1 aliphatic rings. The zero-order valence-electron chi connectivity index (χ0n) is 18.9. The summed E-state index contributed by atoms with van der Waals surface area (Å²) in [7, 11) is 2.22. The van der Waals surface area contributed by atoms with E-state index in [9.17, 15) is 4.39 Å². The van der Waals surface area contributed by atoms with E-state index in [1.165, 1.54) is 30.0 Å². The van der Waals surface area contributed by atoms with Crippen LogP contribution in [0.4, 0.5) is 4.39 Å². The number of aryl methyl sites for hydroxylation is 1. The minimum atomic E-state index is -0.650. The van der Waals surface area contributed by atoms with Gasteiger partial charge in [-0.3, -0.25) is 0 Å². The van der Waals surface area contributed by atoms with Crippen molar-refractivity contribution in [1.82, 2.24) is 4.90 Å². The maximum atomic E-state index is 14.2. The lowest BCUT2D eigenvalue weighted by molar-refractivity contribution is 0.216. The van der Waals surface area contributed by atoms with Crippen LogP contribution in [-0.2, 0) is 12.8 Å². The third-order valence-electron chi connectivity index (χ3n) is 6.29. The number of nitriles is 1. The van der Waals surface area contributed by atoms with Crippen LogP contribution in [0, 0.1) is 11.3 Å². The molecule has 0 bridgehead atoms. The van der Waals surface area contributed by atoms with E-state index in [0.29, 0.717) is 6.04 Å². The third-order valence-corrected chi connectivity index (χ3v) is 6.29. The summed E-state index contributed by atoms with van der Waals surface area (Å²) < 4.78 is 14.2. The molecule has 0 amide bonds. The summed E-state index contributed by atoms with van der Waals surface area (Å²) in [4.78, 5) is 2.46. The highest BCUT2D eigenvalue weighted by atomic mass is 19.1. The smallest absolute Gasteiger partial charge is 0.107 e. The highest BCUT2D eigenvalue weighted by Gasteiger charge is 2.25. The normalized spacial score (nSPS) is 19.5. The third kappa shape index (κ3) is 7.92. The van der Waals surface area contributed by atoms with E-state index in [-0.39, 0.29) is 5.92 Å². The second-order valence-corrected chi connectivity index (χ2v) is 8.48. The van der Waals surface area contributed by atoms with Crippen molar-refractivity contribution in [3.8, 4) is 6.07 Å². The van der Waals surface area contributed by atoms with Gasteiger partial charge in [-0.2, -0.15) is 5.26 Å². The fraction of sp³-hybridized carbons (Fsp3) is 0.519. The maximum Gasteiger partial charge on any atom is 0.107 e. The topological polar surface area (TPSA) is 27.0 Å². The van der Waals surface area contributed by atoms with Crippen molar-refractivity contribution in [3.05, 3.63) is 71.3 Å². The van der Waals surface area contributed by atoms with Gasteiger partial charge in [-0.1, -0.05) is 67.4 Å². The number of halogens is 1. The number of likely N-dealkylation sites (N-methyl/N-ethyl adjacent to an activating group) is 1. The monoisotopic (exact) mass is 408 g/mol. The van der Waals surface area contributed by atoms with Gasteiger partial charge in [0.25, 0.3) is 0 Å². The van der Waals surface area contributed by atoms with Crippen molar-refractivity contribution < 1.29 is 4.39 Å². The molecule has 2 nitrogen and oxygen atoms in total. The molecule has 2 aromatic carbocycles. The number of hydrogen-bond donors (Lipinski definition) is 0. The minimum Gasteiger partial charge on any atom is -0.303 e. The number of rotatable bonds is 8. The molecular weight excluding hydrogens is 371 g/mol. The Balaban J connectivity index is 0.00000101. The van der Waals surface area contributed by atoms with Gasteiger partial charge in [0, 0.05) is 25.4 Å². The molecule has 1 aliphatic carbocycles. The number of alkyl halides is 1. The fourth-order valence-corrected chi connectivity index (χ4v) is 4.16. The van der Waals surface area contributed by atoms with Gasteiger partial charge in [0.05, 0.1) is 6.07 Å². The molecule has 0 spiro atoms. The Morgan fingerprint density at radius 2 is 1.60 bits per heavy atom. The average Bonchev–Trinajstić information content (AvgIpc) is 2.78. The van der Waals surface area contributed by atoms with Crippen LogP contribution in [0.3, 0.4) is 0 Å². The van der Waals surface area contributed by atoms with Crippen LogP contribution in [0.15, 0.2) is 54.6 Å². The van der Waals surface area contributed by atoms with Crippen molar-refractivity contribution in [2.75, 3.05) is 13.6 Å². The molecule has 3 atom stereocenters. The lowest BCUT2D eigenvalue weighted by atomic mass is 9.82. The van der Waals surface area contributed by atoms with E-state index in [4.69, 9.17) is 5.26 Å². The molecule has 3 unspecified atom stereocenters. The predicted octanol–water partition coefficient (Wildman–Crippen LogP) is 6.71. The zero-order chi connectivity index (χ0) is 21.8. The maximum absolute atomic E-state index is 14.2. The number of nitrogens with zero attached hydrogens (tertiary/aromatic N) is 2. The van der Waals surface area contributed by atoms with Crippen LogP contribution in [0.2, 0.25) is 0 Å². The van der Waals surface area contributed by atoms with Crippen molar-refractivity contribution in [1.29, 1.82) is 5.26 Å². The number of hydrogen-bond acceptors (Lipinski definition) is 2. The molecule has 0 radical (unpaired) electrons. The van der Waals surface area contributed by atoms with Crippen molar-refractivity contribution in [3.63, 3.8) is 0 Å². The number of benzene rings is 2. The summed E-state index contributed by atoms with van der Waals surface area (Å²) in [6.07, 6.45) is 6.64. The van der Waals surface area contributed by atoms with Gasteiger partial charge >= 0.3 is 0 Å². The Morgan fingerprint density at radius 1 is 1.00 bits per heavy atom. The molecule has 0 aliphatic heterocycles. The highest BCUT2D eigenvalue weighted by molar-refractivity contribution is 5.27. The molecule has 30 heavy (non-hydrogen) atoms. The quantitative estimate of drug-likeness (QED) is 0.485. The van der Waals surface area contributed by atoms with Crippen molar-refractivity contribution in [2.24, 2.45) is 0 Å². The van der Waals surface area contributed by atoms with Crippen LogP contribution in [0.5, 0.6) is 0 Å². The standard InChI is InChI=1S/C25H34FN.C2H3N/c1-20(27(2)19-18-21-8-4-3-5-9-21)12-13-22-14-16-23(17-15-22)24-10-6-7-11-25(24)26;1-2-3/h3-5,8-9,14-17,20,24-25H,6-7,10-13,18-19H2,1-2H3;1H3. The minimum absolute atomic E-state index is 0.121. The summed E-state index contributed by atoms with van der Waals surface area (Å²) >= 11 is 0. The van der Waals surface area contributed by atoms with Crippen LogP contribution in [0.1, 0.15) is 68.6 Å². The van der Waals surface area contributed by atoms with Crippen molar-refractivity contribution >= 4 is 0 Å². The molecule has 3 rings (SSSR count). The van der Waals surface area contributed by atoms with Crippen LogP contribution >= 0.6 is 0 Å². The second-order valence-electron chi connectivity index (χ2n) is 8.48. The van der Waals surface area contributed by atoms with E-state index in [1.54, 1.807) is 6.07 Å². The lowest BCUT2D eigenvalue weighted by Crippen LogP contribution is -2.31. The summed E-state index contributed by atoms with van der Waals surface area (Å²) in [5.74, 6) is 0.121.